The molecule has 0 aromatic carbocycles. The van der Waals surface area contributed by atoms with Gasteiger partial charge in [-0.15, -0.1) is 24.0 Å². The Morgan fingerprint density at radius 2 is 2.21 bits per heavy atom. The second kappa shape index (κ2) is 13.3. The second-order valence-electron chi connectivity index (χ2n) is 4.42. The molecular formula is C13H28IN3OS. The van der Waals surface area contributed by atoms with E-state index in [2.05, 4.69) is 27.4 Å². The van der Waals surface area contributed by atoms with Gasteiger partial charge in [0.05, 0.1) is 0 Å². The summed E-state index contributed by atoms with van der Waals surface area (Å²) < 4.78 is 5.31. The molecule has 0 spiro atoms. The van der Waals surface area contributed by atoms with Crippen LogP contribution in [0.5, 0.6) is 0 Å². The number of guanidine groups is 1. The largest absolute Gasteiger partial charge is 0.382 e. The third-order valence-electron chi connectivity index (χ3n) is 2.96. The molecule has 0 aromatic heterocycles. The Morgan fingerprint density at radius 1 is 1.37 bits per heavy atom. The molecule has 114 valence electrons. The van der Waals surface area contributed by atoms with Crippen molar-refractivity contribution in [3.63, 3.8) is 0 Å². The molecular weight excluding hydrogens is 373 g/mol. The SMILES string of the molecule is CCOCCCCNC(=NC)NCC1CCCS1.I. The summed E-state index contributed by atoms with van der Waals surface area (Å²) in [7, 11) is 1.83. The summed E-state index contributed by atoms with van der Waals surface area (Å²) in [5, 5.41) is 7.51. The average Bonchev–Trinajstić information content (AvgIpc) is 2.90. The van der Waals surface area contributed by atoms with Crippen LogP contribution in [0.2, 0.25) is 0 Å². The number of hydrogen-bond donors (Lipinski definition) is 2. The number of nitrogens with zero attached hydrogens (tertiary/aromatic N) is 1. The van der Waals surface area contributed by atoms with Gasteiger partial charge >= 0.3 is 0 Å². The maximum atomic E-state index is 5.31. The van der Waals surface area contributed by atoms with Crippen LogP contribution < -0.4 is 10.6 Å². The van der Waals surface area contributed by atoms with Gasteiger partial charge in [0.25, 0.3) is 0 Å². The van der Waals surface area contributed by atoms with Gasteiger partial charge in [0.2, 0.25) is 0 Å². The Bertz CT molecular complexity index is 236. The van der Waals surface area contributed by atoms with Gasteiger partial charge in [-0.05, 0) is 38.4 Å². The summed E-state index contributed by atoms with van der Waals surface area (Å²) in [6.45, 7) is 5.71. The molecule has 1 heterocycles. The van der Waals surface area contributed by atoms with Crippen LogP contribution in [0.4, 0.5) is 0 Å². The standard InChI is InChI=1S/C13H27N3OS.HI/c1-3-17-9-5-4-8-15-13(14-2)16-11-12-7-6-10-18-12;/h12H,3-11H2,1-2H3,(H2,14,15,16);1H. The van der Waals surface area contributed by atoms with Crippen molar-refractivity contribution in [2.75, 3.05) is 39.1 Å². The van der Waals surface area contributed by atoms with Gasteiger partial charge in [-0.1, -0.05) is 0 Å². The zero-order chi connectivity index (χ0) is 13.1. The highest BCUT2D eigenvalue weighted by molar-refractivity contribution is 14.0. The Balaban J connectivity index is 0.00000324. The van der Waals surface area contributed by atoms with Crippen molar-refractivity contribution >= 4 is 41.7 Å². The minimum atomic E-state index is 0. The van der Waals surface area contributed by atoms with E-state index in [-0.39, 0.29) is 24.0 Å². The van der Waals surface area contributed by atoms with E-state index in [1.807, 2.05) is 14.0 Å². The normalized spacial score (nSPS) is 19.1. The van der Waals surface area contributed by atoms with Crippen molar-refractivity contribution < 1.29 is 4.74 Å². The third kappa shape index (κ3) is 9.79. The van der Waals surface area contributed by atoms with Crippen LogP contribution in [0.1, 0.15) is 32.6 Å². The van der Waals surface area contributed by atoms with Crippen LogP contribution in [-0.2, 0) is 4.74 Å². The quantitative estimate of drug-likeness (QED) is 0.284. The van der Waals surface area contributed by atoms with Crippen LogP contribution in [0.3, 0.4) is 0 Å². The maximum absolute atomic E-state index is 5.31. The third-order valence-corrected chi connectivity index (χ3v) is 4.35. The van der Waals surface area contributed by atoms with E-state index >= 15 is 0 Å². The van der Waals surface area contributed by atoms with Crippen molar-refractivity contribution in [3.05, 3.63) is 0 Å². The Hall–Kier alpha value is 0.310. The fraction of sp³-hybridized carbons (Fsp3) is 0.923. The highest BCUT2D eigenvalue weighted by Crippen LogP contribution is 2.25. The number of hydrogen-bond acceptors (Lipinski definition) is 3. The van der Waals surface area contributed by atoms with E-state index in [1.165, 1.54) is 18.6 Å². The number of rotatable bonds is 8. The molecule has 0 amide bonds. The summed E-state index contributed by atoms with van der Waals surface area (Å²) >= 11 is 2.07. The highest BCUT2D eigenvalue weighted by atomic mass is 127. The Labute approximate surface area is 138 Å². The number of ether oxygens (including phenoxy) is 1. The number of thioether (sulfide) groups is 1. The van der Waals surface area contributed by atoms with Crippen molar-refractivity contribution in [1.29, 1.82) is 0 Å². The second-order valence-corrected chi connectivity index (χ2v) is 5.83. The van der Waals surface area contributed by atoms with E-state index in [0.717, 1.165) is 50.4 Å². The fourth-order valence-electron chi connectivity index (χ4n) is 1.92. The van der Waals surface area contributed by atoms with Crippen molar-refractivity contribution in [2.45, 2.75) is 37.9 Å². The van der Waals surface area contributed by atoms with Crippen LogP contribution in [-0.4, -0.2) is 50.3 Å². The topological polar surface area (TPSA) is 45.6 Å². The molecule has 1 rings (SSSR count). The molecule has 19 heavy (non-hydrogen) atoms. The van der Waals surface area contributed by atoms with Gasteiger partial charge in [-0.3, -0.25) is 4.99 Å². The molecule has 0 radical (unpaired) electrons. The first-order valence-corrected chi connectivity index (χ1v) is 8.05. The molecule has 6 heteroatoms. The molecule has 1 fully saturated rings. The lowest BCUT2D eigenvalue weighted by Gasteiger charge is -2.14. The summed E-state index contributed by atoms with van der Waals surface area (Å²) in [5.41, 5.74) is 0. The lowest BCUT2D eigenvalue weighted by molar-refractivity contribution is 0.143. The zero-order valence-corrected chi connectivity index (χ0v) is 15.3. The van der Waals surface area contributed by atoms with Gasteiger partial charge in [0.1, 0.15) is 0 Å². The first-order chi connectivity index (χ1) is 8.86. The summed E-state index contributed by atoms with van der Waals surface area (Å²) in [6.07, 6.45) is 4.93. The molecule has 1 atom stereocenters. The molecule has 1 aliphatic heterocycles. The van der Waals surface area contributed by atoms with E-state index in [4.69, 9.17) is 4.74 Å². The molecule has 0 aliphatic carbocycles. The van der Waals surface area contributed by atoms with E-state index in [0.29, 0.717) is 0 Å². The lowest BCUT2D eigenvalue weighted by atomic mass is 10.2. The number of halogens is 1. The maximum Gasteiger partial charge on any atom is 0.191 e. The van der Waals surface area contributed by atoms with Crippen LogP contribution in [0.15, 0.2) is 4.99 Å². The van der Waals surface area contributed by atoms with Gasteiger partial charge < -0.3 is 15.4 Å². The van der Waals surface area contributed by atoms with Crippen LogP contribution >= 0.6 is 35.7 Å². The summed E-state index contributed by atoms with van der Waals surface area (Å²) in [4.78, 5) is 4.24. The first-order valence-electron chi connectivity index (χ1n) is 7.00. The van der Waals surface area contributed by atoms with E-state index < -0.39 is 0 Å². The number of aliphatic imine (C=N–C) groups is 1. The van der Waals surface area contributed by atoms with Gasteiger partial charge in [0, 0.05) is 38.6 Å². The van der Waals surface area contributed by atoms with Gasteiger partial charge in [-0.2, -0.15) is 11.8 Å². The van der Waals surface area contributed by atoms with Crippen molar-refractivity contribution in [1.82, 2.24) is 10.6 Å². The highest BCUT2D eigenvalue weighted by Gasteiger charge is 2.15. The van der Waals surface area contributed by atoms with Gasteiger partial charge in [0.15, 0.2) is 5.96 Å². The zero-order valence-electron chi connectivity index (χ0n) is 12.1. The molecule has 1 aliphatic rings. The molecule has 0 aromatic rings. The summed E-state index contributed by atoms with van der Waals surface area (Å²) in [6, 6.07) is 0. The molecule has 1 saturated heterocycles. The van der Waals surface area contributed by atoms with Crippen LogP contribution in [0.25, 0.3) is 0 Å². The molecule has 0 saturated carbocycles. The van der Waals surface area contributed by atoms with Crippen molar-refractivity contribution in [3.8, 4) is 0 Å². The van der Waals surface area contributed by atoms with Crippen LogP contribution in [0, 0.1) is 0 Å². The molecule has 2 N–H and O–H groups in total. The monoisotopic (exact) mass is 401 g/mol. The van der Waals surface area contributed by atoms with Gasteiger partial charge in [-0.25, -0.2) is 0 Å². The minimum Gasteiger partial charge on any atom is -0.382 e. The van der Waals surface area contributed by atoms with E-state index in [1.54, 1.807) is 0 Å². The predicted octanol–water partition coefficient (Wildman–Crippen LogP) is 2.48. The Kier molecular flexibility index (Phi) is 13.5. The molecule has 0 bridgehead atoms. The van der Waals surface area contributed by atoms with E-state index in [9.17, 15) is 0 Å². The number of nitrogens with one attached hydrogen (secondary N) is 2. The number of unbranched alkanes of at least 4 members (excludes halogenated alkanes) is 1. The fourth-order valence-corrected chi connectivity index (χ4v) is 3.12. The lowest BCUT2D eigenvalue weighted by Crippen LogP contribution is -2.40. The average molecular weight is 401 g/mol. The molecule has 1 unspecified atom stereocenters. The Morgan fingerprint density at radius 3 is 2.84 bits per heavy atom. The predicted molar refractivity (Wildman–Crippen MR) is 96.0 cm³/mol. The first kappa shape index (κ1) is 19.3. The smallest absolute Gasteiger partial charge is 0.191 e. The summed E-state index contributed by atoms with van der Waals surface area (Å²) in [5.74, 6) is 2.24. The van der Waals surface area contributed by atoms with Crippen molar-refractivity contribution in [2.24, 2.45) is 4.99 Å². The minimum absolute atomic E-state index is 0. The molecule has 4 nitrogen and oxygen atoms in total.